The number of hydrogen-bond donors (Lipinski definition) is 1. The minimum Gasteiger partial charge on any atom is -0.497 e. The molecule has 0 aliphatic rings. The fraction of sp³-hybridized carbons (Fsp3) is 0.143. The molecule has 4 rings (SSSR count). The van der Waals surface area contributed by atoms with Gasteiger partial charge in [-0.25, -0.2) is 14.3 Å². The van der Waals surface area contributed by atoms with Gasteiger partial charge in [0.2, 0.25) is 5.91 Å². The van der Waals surface area contributed by atoms with Crippen molar-refractivity contribution >= 4 is 16.9 Å². The van der Waals surface area contributed by atoms with E-state index in [-0.39, 0.29) is 12.3 Å². The van der Waals surface area contributed by atoms with Gasteiger partial charge in [-0.15, -0.1) is 0 Å². The van der Waals surface area contributed by atoms with Crippen LogP contribution in [-0.2, 0) is 11.2 Å². The molecule has 29 heavy (non-hydrogen) atoms. The first-order valence-corrected chi connectivity index (χ1v) is 9.00. The van der Waals surface area contributed by atoms with Crippen LogP contribution in [0.1, 0.15) is 11.1 Å². The number of carbonyl (C=O) groups excluding carboxylic acids is 1. The number of hydrogen-bond acceptors (Lipinski definition) is 5. The number of aryl methyl sites for hydroxylation is 1. The molecule has 0 aliphatic carbocycles. The molecule has 0 spiro atoms. The van der Waals surface area contributed by atoms with Gasteiger partial charge in [0, 0.05) is 0 Å². The number of benzene rings is 2. The first kappa shape index (κ1) is 18.4. The van der Waals surface area contributed by atoms with Crippen molar-refractivity contribution in [3.8, 4) is 11.4 Å². The Morgan fingerprint density at radius 2 is 1.83 bits per heavy atom. The highest BCUT2D eigenvalue weighted by Crippen LogP contribution is 2.14. The van der Waals surface area contributed by atoms with Gasteiger partial charge in [-0.1, -0.05) is 29.8 Å². The second-order valence-electron chi connectivity index (χ2n) is 6.61. The van der Waals surface area contributed by atoms with Gasteiger partial charge in [0.15, 0.2) is 5.65 Å². The summed E-state index contributed by atoms with van der Waals surface area (Å²) in [5.41, 5.74) is 5.34. The molecule has 0 aliphatic heterocycles. The zero-order valence-electron chi connectivity index (χ0n) is 16.0. The number of aromatic nitrogens is 4. The topological polar surface area (TPSA) is 91.0 Å². The number of nitrogens with one attached hydrogen (secondary N) is 1. The molecule has 146 valence electrons. The lowest BCUT2D eigenvalue weighted by Crippen LogP contribution is -2.34. The molecule has 0 saturated carbocycles. The van der Waals surface area contributed by atoms with Crippen molar-refractivity contribution < 1.29 is 9.53 Å². The summed E-state index contributed by atoms with van der Waals surface area (Å²) in [6.45, 7) is 2.00. The molecule has 2 aromatic heterocycles. The average molecular weight is 389 g/mol. The van der Waals surface area contributed by atoms with Crippen LogP contribution in [0.2, 0.25) is 0 Å². The summed E-state index contributed by atoms with van der Waals surface area (Å²) in [7, 11) is 1.58. The Morgan fingerprint density at radius 3 is 2.52 bits per heavy atom. The average Bonchev–Trinajstić information content (AvgIpc) is 3.16. The number of amides is 1. The highest BCUT2D eigenvalue weighted by Gasteiger charge is 2.13. The van der Waals surface area contributed by atoms with Gasteiger partial charge in [0.05, 0.1) is 25.4 Å². The molecule has 8 nitrogen and oxygen atoms in total. The number of nitrogens with zero attached hydrogens (tertiary/aromatic N) is 4. The Kier molecular flexibility index (Phi) is 4.82. The quantitative estimate of drug-likeness (QED) is 0.565. The first-order valence-electron chi connectivity index (χ1n) is 9.00. The van der Waals surface area contributed by atoms with E-state index in [4.69, 9.17) is 4.74 Å². The lowest BCUT2D eigenvalue weighted by Gasteiger charge is -2.09. The van der Waals surface area contributed by atoms with Crippen LogP contribution in [-0.4, -0.2) is 32.5 Å². The number of rotatable bonds is 5. The normalized spacial score (nSPS) is 10.8. The summed E-state index contributed by atoms with van der Waals surface area (Å²) in [4.78, 5) is 29.4. The smallest absolute Gasteiger partial charge is 0.283 e. The minimum absolute atomic E-state index is 0.122. The summed E-state index contributed by atoms with van der Waals surface area (Å²) < 4.78 is 7.78. The van der Waals surface area contributed by atoms with Gasteiger partial charge in [-0.2, -0.15) is 5.10 Å². The van der Waals surface area contributed by atoms with E-state index in [2.05, 4.69) is 15.5 Å². The van der Waals surface area contributed by atoms with Gasteiger partial charge < -0.3 is 4.74 Å². The maximum absolute atomic E-state index is 12.7. The second kappa shape index (κ2) is 7.59. The van der Waals surface area contributed by atoms with Crippen LogP contribution in [0.5, 0.6) is 5.75 Å². The summed E-state index contributed by atoms with van der Waals surface area (Å²) in [5, 5.41) is 4.59. The predicted octanol–water partition coefficient (Wildman–Crippen LogP) is 2.21. The summed E-state index contributed by atoms with van der Waals surface area (Å²) in [6.07, 6.45) is 2.87. The first-order chi connectivity index (χ1) is 14.0. The van der Waals surface area contributed by atoms with Crippen molar-refractivity contribution in [2.75, 3.05) is 12.5 Å². The van der Waals surface area contributed by atoms with Crippen LogP contribution in [0.4, 0.5) is 0 Å². The molecular formula is C21H19N5O3. The van der Waals surface area contributed by atoms with Crippen molar-refractivity contribution in [2.45, 2.75) is 13.3 Å². The standard InChI is InChI=1S/C21H19N5O3/c1-14-3-7-16(8-4-14)26-20-18(12-23-26)21(28)25(13-22-20)24-19(27)11-15-5-9-17(29-2)10-6-15/h3-10,12-13H,11H2,1-2H3,(H,24,27). The van der Waals surface area contributed by atoms with E-state index < -0.39 is 5.56 Å². The molecular weight excluding hydrogens is 370 g/mol. The van der Waals surface area contributed by atoms with Crippen LogP contribution in [0.15, 0.2) is 65.8 Å². The SMILES string of the molecule is COc1ccc(CC(=O)Nn2cnc3c(cnn3-c3ccc(C)cc3)c2=O)cc1. The lowest BCUT2D eigenvalue weighted by atomic mass is 10.1. The van der Waals surface area contributed by atoms with E-state index in [1.165, 1.54) is 12.5 Å². The fourth-order valence-corrected chi connectivity index (χ4v) is 2.97. The Hall–Kier alpha value is -3.94. The molecule has 1 N–H and O–H groups in total. The van der Waals surface area contributed by atoms with E-state index in [0.717, 1.165) is 21.5 Å². The van der Waals surface area contributed by atoms with E-state index in [9.17, 15) is 9.59 Å². The molecule has 0 fully saturated rings. The molecule has 8 heteroatoms. The number of carbonyl (C=O) groups is 1. The van der Waals surface area contributed by atoms with Crippen LogP contribution >= 0.6 is 0 Å². The molecule has 0 atom stereocenters. The molecule has 0 saturated heterocycles. The Morgan fingerprint density at radius 1 is 1.10 bits per heavy atom. The van der Waals surface area contributed by atoms with Crippen LogP contribution in [0.25, 0.3) is 16.7 Å². The minimum atomic E-state index is -0.392. The maximum Gasteiger partial charge on any atom is 0.283 e. The Bertz CT molecular complexity index is 1220. The van der Waals surface area contributed by atoms with E-state index in [0.29, 0.717) is 16.8 Å². The molecule has 2 heterocycles. The van der Waals surface area contributed by atoms with Gasteiger partial charge in [0.25, 0.3) is 5.56 Å². The zero-order chi connectivity index (χ0) is 20.4. The number of ether oxygens (including phenoxy) is 1. The van der Waals surface area contributed by atoms with E-state index in [1.807, 2.05) is 31.2 Å². The fourth-order valence-electron chi connectivity index (χ4n) is 2.97. The highest BCUT2D eigenvalue weighted by molar-refractivity contribution is 5.86. The molecule has 0 radical (unpaired) electrons. The highest BCUT2D eigenvalue weighted by atomic mass is 16.5. The van der Waals surface area contributed by atoms with Gasteiger partial charge in [-0.3, -0.25) is 15.0 Å². The van der Waals surface area contributed by atoms with E-state index >= 15 is 0 Å². The lowest BCUT2D eigenvalue weighted by molar-refractivity contribution is -0.116. The van der Waals surface area contributed by atoms with Crippen molar-refractivity contribution in [3.05, 3.63) is 82.5 Å². The maximum atomic E-state index is 12.7. The molecule has 1 amide bonds. The Balaban J connectivity index is 1.56. The third-order valence-electron chi connectivity index (χ3n) is 4.54. The van der Waals surface area contributed by atoms with Crippen LogP contribution < -0.4 is 15.7 Å². The monoisotopic (exact) mass is 389 g/mol. The van der Waals surface area contributed by atoms with Gasteiger partial charge in [-0.05, 0) is 36.8 Å². The number of fused-ring (bicyclic) bond motifs is 1. The zero-order valence-corrected chi connectivity index (χ0v) is 16.0. The summed E-state index contributed by atoms with van der Waals surface area (Å²) >= 11 is 0. The van der Waals surface area contributed by atoms with Crippen molar-refractivity contribution in [1.82, 2.24) is 19.4 Å². The van der Waals surface area contributed by atoms with Crippen molar-refractivity contribution in [1.29, 1.82) is 0 Å². The molecule has 0 unspecified atom stereocenters. The molecule has 4 aromatic rings. The summed E-state index contributed by atoms with van der Waals surface area (Å²) in [5.74, 6) is 0.384. The largest absolute Gasteiger partial charge is 0.497 e. The second-order valence-corrected chi connectivity index (χ2v) is 6.61. The Labute approximate surface area is 166 Å². The van der Waals surface area contributed by atoms with Gasteiger partial charge >= 0.3 is 0 Å². The van der Waals surface area contributed by atoms with Crippen molar-refractivity contribution in [3.63, 3.8) is 0 Å². The van der Waals surface area contributed by atoms with Crippen molar-refractivity contribution in [2.24, 2.45) is 0 Å². The summed E-state index contributed by atoms with van der Waals surface area (Å²) in [6, 6.07) is 14.9. The third-order valence-corrected chi connectivity index (χ3v) is 4.54. The number of methoxy groups -OCH3 is 1. The van der Waals surface area contributed by atoms with Crippen LogP contribution in [0.3, 0.4) is 0 Å². The molecule has 0 bridgehead atoms. The predicted molar refractivity (Wildman–Crippen MR) is 109 cm³/mol. The van der Waals surface area contributed by atoms with E-state index in [1.54, 1.807) is 36.1 Å². The molecule has 2 aromatic carbocycles. The third kappa shape index (κ3) is 3.73. The van der Waals surface area contributed by atoms with Gasteiger partial charge in [0.1, 0.15) is 17.5 Å². The van der Waals surface area contributed by atoms with Crippen LogP contribution in [0, 0.1) is 6.92 Å².